The van der Waals surface area contributed by atoms with E-state index in [1.807, 2.05) is 28.8 Å². The molecule has 0 saturated carbocycles. The predicted molar refractivity (Wildman–Crippen MR) is 73.7 cm³/mol. The summed E-state index contributed by atoms with van der Waals surface area (Å²) in [6.45, 7) is 0.441. The molecule has 5 nitrogen and oxygen atoms in total. The third-order valence-corrected chi connectivity index (χ3v) is 5.51. The molecule has 0 bridgehead atoms. The highest BCUT2D eigenvalue weighted by Gasteiger charge is 2.27. The number of sulfone groups is 1. The molecule has 2 N–H and O–H groups in total. The van der Waals surface area contributed by atoms with Gasteiger partial charge in [-0.25, -0.2) is 13.4 Å². The number of aromatic nitrogens is 2. The Labute approximate surface area is 112 Å². The van der Waals surface area contributed by atoms with Crippen molar-refractivity contribution < 1.29 is 8.42 Å². The Bertz CT molecular complexity index is 706. The van der Waals surface area contributed by atoms with Gasteiger partial charge in [-0.3, -0.25) is 0 Å². The Balaban J connectivity index is 2.02. The van der Waals surface area contributed by atoms with Crippen molar-refractivity contribution in [3.8, 4) is 0 Å². The summed E-state index contributed by atoms with van der Waals surface area (Å²) in [7, 11) is -2.91. The zero-order chi connectivity index (χ0) is 13.5. The zero-order valence-electron chi connectivity index (χ0n) is 10.6. The third kappa shape index (κ3) is 2.37. The number of nitrogens with two attached hydrogens (primary N) is 1. The fourth-order valence-corrected chi connectivity index (χ4v) is 4.43. The van der Waals surface area contributed by atoms with Crippen molar-refractivity contribution in [3.05, 3.63) is 35.8 Å². The molecule has 1 unspecified atom stereocenters. The molecule has 3 rings (SSSR count). The predicted octanol–water partition coefficient (Wildman–Crippen LogP) is 1.09. The highest BCUT2D eigenvalue weighted by atomic mass is 32.2. The maximum absolute atomic E-state index is 11.7. The highest BCUT2D eigenvalue weighted by molar-refractivity contribution is 7.91. The van der Waals surface area contributed by atoms with Crippen LogP contribution in [0.5, 0.6) is 0 Å². The average molecular weight is 279 g/mol. The van der Waals surface area contributed by atoms with Crippen LogP contribution in [0.1, 0.15) is 30.1 Å². The average Bonchev–Trinajstić information content (AvgIpc) is 2.81. The quantitative estimate of drug-likeness (QED) is 0.892. The SMILES string of the molecule is NCc1cccc2nc(C3CCCS(=O)(=O)C3)cn12. The first kappa shape index (κ1) is 12.6. The number of rotatable bonds is 2. The molecule has 1 fully saturated rings. The molecule has 1 atom stereocenters. The second kappa shape index (κ2) is 4.61. The van der Waals surface area contributed by atoms with Gasteiger partial charge in [0.25, 0.3) is 0 Å². The van der Waals surface area contributed by atoms with E-state index in [4.69, 9.17) is 5.73 Å². The first-order chi connectivity index (χ1) is 9.09. The van der Waals surface area contributed by atoms with Crippen molar-refractivity contribution in [2.75, 3.05) is 11.5 Å². The molecule has 1 aliphatic heterocycles. The topological polar surface area (TPSA) is 77.5 Å². The molecular formula is C13H17N3O2S. The van der Waals surface area contributed by atoms with Crippen molar-refractivity contribution in [3.63, 3.8) is 0 Å². The van der Waals surface area contributed by atoms with Gasteiger partial charge < -0.3 is 10.1 Å². The second-order valence-electron chi connectivity index (χ2n) is 5.07. The number of nitrogens with zero attached hydrogens (tertiary/aromatic N) is 2. The molecule has 6 heteroatoms. The molecule has 0 aromatic carbocycles. The lowest BCUT2D eigenvalue weighted by atomic mass is 10.0. The summed E-state index contributed by atoms with van der Waals surface area (Å²) in [6, 6.07) is 5.79. The molecule has 2 aromatic rings. The molecule has 0 radical (unpaired) electrons. The van der Waals surface area contributed by atoms with Gasteiger partial charge in [-0.1, -0.05) is 6.07 Å². The fraction of sp³-hybridized carbons (Fsp3) is 0.462. The maximum Gasteiger partial charge on any atom is 0.150 e. The van der Waals surface area contributed by atoms with Gasteiger partial charge in [-0.15, -0.1) is 0 Å². The lowest BCUT2D eigenvalue weighted by molar-refractivity contribution is 0.550. The lowest BCUT2D eigenvalue weighted by Gasteiger charge is -2.19. The molecule has 102 valence electrons. The number of hydrogen-bond donors (Lipinski definition) is 1. The van der Waals surface area contributed by atoms with Gasteiger partial charge in [0.2, 0.25) is 0 Å². The van der Waals surface area contributed by atoms with Crippen LogP contribution in [-0.4, -0.2) is 29.3 Å². The molecule has 2 aromatic heterocycles. The monoisotopic (exact) mass is 279 g/mol. The largest absolute Gasteiger partial charge is 0.325 e. The van der Waals surface area contributed by atoms with Gasteiger partial charge >= 0.3 is 0 Å². The van der Waals surface area contributed by atoms with Gasteiger partial charge in [0.05, 0.1) is 17.2 Å². The number of pyridine rings is 1. The first-order valence-electron chi connectivity index (χ1n) is 6.46. The van der Waals surface area contributed by atoms with Gasteiger partial charge in [0.1, 0.15) is 5.65 Å². The van der Waals surface area contributed by atoms with E-state index >= 15 is 0 Å². The van der Waals surface area contributed by atoms with Crippen molar-refractivity contribution >= 4 is 15.5 Å². The van der Waals surface area contributed by atoms with Crippen LogP contribution in [0, 0.1) is 0 Å². The summed E-state index contributed by atoms with van der Waals surface area (Å²) >= 11 is 0. The zero-order valence-corrected chi connectivity index (χ0v) is 11.4. The molecular weight excluding hydrogens is 262 g/mol. The number of imidazole rings is 1. The van der Waals surface area contributed by atoms with Crippen LogP contribution >= 0.6 is 0 Å². The van der Waals surface area contributed by atoms with Crippen molar-refractivity contribution in [2.45, 2.75) is 25.3 Å². The summed E-state index contributed by atoms with van der Waals surface area (Å²) < 4.78 is 25.4. The van der Waals surface area contributed by atoms with E-state index in [0.717, 1.165) is 29.9 Å². The van der Waals surface area contributed by atoms with Gasteiger partial charge in [-0.05, 0) is 25.0 Å². The molecule has 0 spiro atoms. The number of fused-ring (bicyclic) bond motifs is 1. The molecule has 3 heterocycles. The van der Waals surface area contributed by atoms with Crippen LogP contribution in [0.15, 0.2) is 24.4 Å². The summed E-state index contributed by atoms with van der Waals surface area (Å²) in [6.07, 6.45) is 3.55. The molecule has 0 amide bonds. The van der Waals surface area contributed by atoms with Crippen molar-refractivity contribution in [2.24, 2.45) is 5.73 Å². The van der Waals surface area contributed by atoms with Crippen LogP contribution < -0.4 is 5.73 Å². The summed E-state index contributed by atoms with van der Waals surface area (Å²) in [4.78, 5) is 4.55. The van der Waals surface area contributed by atoms with E-state index < -0.39 is 9.84 Å². The van der Waals surface area contributed by atoms with Crippen LogP contribution in [0.4, 0.5) is 0 Å². The molecule has 19 heavy (non-hydrogen) atoms. The lowest BCUT2D eigenvalue weighted by Crippen LogP contribution is -2.23. The minimum Gasteiger partial charge on any atom is -0.325 e. The Morgan fingerprint density at radius 1 is 1.42 bits per heavy atom. The fourth-order valence-electron chi connectivity index (χ4n) is 2.71. The van der Waals surface area contributed by atoms with Crippen LogP contribution in [-0.2, 0) is 16.4 Å². The van der Waals surface area contributed by atoms with E-state index in [9.17, 15) is 8.42 Å². The van der Waals surface area contributed by atoms with Gasteiger partial charge in [-0.2, -0.15) is 0 Å². The standard InChI is InChI=1S/C13H17N3O2S/c14-7-11-4-1-5-13-15-12(8-16(11)13)10-3-2-6-19(17,18)9-10/h1,4-5,8,10H,2-3,6-7,9,14H2. The summed E-state index contributed by atoms with van der Waals surface area (Å²) in [5.41, 5.74) is 8.38. The molecule has 0 aliphatic carbocycles. The highest BCUT2D eigenvalue weighted by Crippen LogP contribution is 2.28. The Morgan fingerprint density at radius 2 is 2.26 bits per heavy atom. The van der Waals surface area contributed by atoms with Crippen LogP contribution in [0.25, 0.3) is 5.65 Å². The minimum absolute atomic E-state index is 0.0178. The second-order valence-corrected chi connectivity index (χ2v) is 7.30. The Kier molecular flexibility index (Phi) is 3.06. The van der Waals surface area contributed by atoms with E-state index in [1.54, 1.807) is 0 Å². The summed E-state index contributed by atoms with van der Waals surface area (Å²) in [5.74, 6) is 0.545. The van der Waals surface area contributed by atoms with E-state index in [0.29, 0.717) is 12.3 Å². The maximum atomic E-state index is 11.7. The normalized spacial score (nSPS) is 22.7. The first-order valence-corrected chi connectivity index (χ1v) is 8.28. The third-order valence-electron chi connectivity index (χ3n) is 3.69. The van der Waals surface area contributed by atoms with E-state index in [-0.39, 0.29) is 11.7 Å². The van der Waals surface area contributed by atoms with Crippen LogP contribution in [0.3, 0.4) is 0 Å². The van der Waals surface area contributed by atoms with Crippen molar-refractivity contribution in [1.29, 1.82) is 0 Å². The number of hydrogen-bond acceptors (Lipinski definition) is 4. The van der Waals surface area contributed by atoms with Gasteiger partial charge in [0, 0.05) is 24.4 Å². The smallest absolute Gasteiger partial charge is 0.150 e. The van der Waals surface area contributed by atoms with Gasteiger partial charge in [0.15, 0.2) is 9.84 Å². The van der Waals surface area contributed by atoms with E-state index in [1.165, 1.54) is 0 Å². The minimum atomic E-state index is -2.91. The Hall–Kier alpha value is -1.40. The Morgan fingerprint density at radius 3 is 3.00 bits per heavy atom. The van der Waals surface area contributed by atoms with Crippen LogP contribution in [0.2, 0.25) is 0 Å². The van der Waals surface area contributed by atoms with Crippen molar-refractivity contribution in [1.82, 2.24) is 9.38 Å². The van der Waals surface area contributed by atoms with E-state index in [2.05, 4.69) is 4.98 Å². The molecule has 1 saturated heterocycles. The molecule has 1 aliphatic rings. The summed E-state index contributed by atoms with van der Waals surface area (Å²) in [5, 5.41) is 0.